The number of halogens is 1. The monoisotopic (exact) mass is 264 g/mol. The molecule has 0 spiro atoms. The Balaban J connectivity index is 1.87. The first-order chi connectivity index (χ1) is 9.24. The highest BCUT2D eigenvalue weighted by Crippen LogP contribution is 2.24. The van der Waals surface area contributed by atoms with E-state index in [0.29, 0.717) is 31.3 Å². The van der Waals surface area contributed by atoms with Crippen molar-refractivity contribution in [1.29, 1.82) is 0 Å². The Morgan fingerprint density at radius 1 is 1.32 bits per heavy atom. The number of aryl methyl sites for hydroxylation is 1. The van der Waals surface area contributed by atoms with Gasteiger partial charge in [-0.1, -0.05) is 11.2 Å². The van der Waals surface area contributed by atoms with Crippen LogP contribution >= 0.6 is 0 Å². The normalized spacial score (nSPS) is 19.6. The lowest BCUT2D eigenvalue weighted by atomic mass is 10.1. The maximum absolute atomic E-state index is 13.8. The van der Waals surface area contributed by atoms with Gasteiger partial charge in [0.2, 0.25) is 5.82 Å². The fourth-order valence-electron chi connectivity index (χ4n) is 1.91. The van der Waals surface area contributed by atoms with E-state index in [9.17, 15) is 4.39 Å². The van der Waals surface area contributed by atoms with Crippen molar-refractivity contribution in [2.45, 2.75) is 13.0 Å². The maximum atomic E-state index is 13.8. The smallest absolute Gasteiger partial charge is 0.258 e. The minimum atomic E-state index is -0.372. The summed E-state index contributed by atoms with van der Waals surface area (Å²) in [6.07, 6.45) is -0.372. The number of rotatable bonds is 2. The van der Waals surface area contributed by atoms with E-state index in [1.165, 1.54) is 6.07 Å². The van der Waals surface area contributed by atoms with Gasteiger partial charge in [-0.15, -0.1) is 0 Å². The molecule has 0 N–H and O–H groups in total. The van der Waals surface area contributed by atoms with Gasteiger partial charge in [-0.2, -0.15) is 4.98 Å². The topological polar surface area (TPSA) is 57.4 Å². The lowest BCUT2D eigenvalue weighted by molar-refractivity contribution is -0.101. The number of nitrogens with zero attached hydrogens (tertiary/aromatic N) is 2. The van der Waals surface area contributed by atoms with Crippen molar-refractivity contribution in [2.75, 3.05) is 19.8 Å². The van der Waals surface area contributed by atoms with Gasteiger partial charge in [0.15, 0.2) is 6.10 Å². The Labute approximate surface area is 109 Å². The molecule has 2 heterocycles. The second-order valence-electron chi connectivity index (χ2n) is 4.37. The molecule has 3 rings (SSSR count). The average Bonchev–Trinajstić information content (AvgIpc) is 2.89. The first-order valence-corrected chi connectivity index (χ1v) is 6.03. The highest BCUT2D eigenvalue weighted by atomic mass is 19.1. The molecular formula is C13H13FN2O3. The summed E-state index contributed by atoms with van der Waals surface area (Å²) in [6, 6.07) is 4.87. The fraction of sp³-hybridized carbons (Fsp3) is 0.385. The van der Waals surface area contributed by atoms with Crippen LogP contribution in [0.1, 0.15) is 17.6 Å². The standard InChI is InChI=1S/C13H13FN2O3/c1-8-2-3-9(10(14)6-8)12-15-13(19-16-12)11-7-17-4-5-18-11/h2-3,6,11H,4-5,7H2,1H3. The van der Waals surface area contributed by atoms with E-state index in [1.807, 2.05) is 6.92 Å². The Hall–Kier alpha value is -1.79. The molecule has 6 heteroatoms. The van der Waals surface area contributed by atoms with E-state index in [1.54, 1.807) is 12.1 Å². The zero-order valence-corrected chi connectivity index (χ0v) is 10.4. The van der Waals surface area contributed by atoms with Crippen LogP contribution in [0.25, 0.3) is 11.4 Å². The van der Waals surface area contributed by atoms with Crippen molar-refractivity contribution in [2.24, 2.45) is 0 Å². The third-order valence-corrected chi connectivity index (χ3v) is 2.90. The molecular weight excluding hydrogens is 251 g/mol. The van der Waals surface area contributed by atoms with Gasteiger partial charge < -0.3 is 14.0 Å². The van der Waals surface area contributed by atoms with E-state index >= 15 is 0 Å². The molecule has 0 amide bonds. The summed E-state index contributed by atoms with van der Waals surface area (Å²) in [7, 11) is 0. The fourth-order valence-corrected chi connectivity index (χ4v) is 1.91. The van der Waals surface area contributed by atoms with Gasteiger partial charge in [0.1, 0.15) is 5.82 Å². The van der Waals surface area contributed by atoms with Crippen LogP contribution in [-0.2, 0) is 9.47 Å². The van der Waals surface area contributed by atoms with Crippen LogP contribution in [0.5, 0.6) is 0 Å². The minimum absolute atomic E-state index is 0.224. The van der Waals surface area contributed by atoms with Gasteiger partial charge in [-0.3, -0.25) is 0 Å². The second kappa shape index (κ2) is 5.07. The van der Waals surface area contributed by atoms with Gasteiger partial charge in [0, 0.05) is 0 Å². The van der Waals surface area contributed by atoms with Crippen molar-refractivity contribution >= 4 is 0 Å². The average molecular weight is 264 g/mol. The van der Waals surface area contributed by atoms with Crippen molar-refractivity contribution in [3.63, 3.8) is 0 Å². The number of ether oxygens (including phenoxy) is 2. The lowest BCUT2D eigenvalue weighted by Crippen LogP contribution is -2.22. The molecule has 100 valence electrons. The number of hydrogen-bond acceptors (Lipinski definition) is 5. The molecule has 2 aromatic rings. The Bertz CT molecular complexity index is 579. The van der Waals surface area contributed by atoms with Crippen molar-refractivity contribution < 1.29 is 18.4 Å². The predicted octanol–water partition coefficient (Wildman–Crippen LogP) is 2.27. The maximum Gasteiger partial charge on any atom is 0.258 e. The molecule has 0 aliphatic carbocycles. The zero-order valence-electron chi connectivity index (χ0n) is 10.4. The highest BCUT2D eigenvalue weighted by molar-refractivity contribution is 5.55. The first kappa shape index (κ1) is 12.3. The molecule has 0 radical (unpaired) electrons. The summed E-state index contributed by atoms with van der Waals surface area (Å²) in [5, 5.41) is 3.79. The van der Waals surface area contributed by atoms with Crippen molar-refractivity contribution in [1.82, 2.24) is 10.1 Å². The summed E-state index contributed by atoms with van der Waals surface area (Å²) in [5.74, 6) is 0.171. The van der Waals surface area contributed by atoms with Crippen molar-refractivity contribution in [3.8, 4) is 11.4 Å². The molecule has 0 bridgehead atoms. The largest absolute Gasteiger partial charge is 0.376 e. The highest BCUT2D eigenvalue weighted by Gasteiger charge is 2.24. The van der Waals surface area contributed by atoms with Crippen LogP contribution in [0.3, 0.4) is 0 Å². The summed E-state index contributed by atoms with van der Waals surface area (Å²) in [4.78, 5) is 4.17. The van der Waals surface area contributed by atoms with Crippen LogP contribution in [0.15, 0.2) is 22.7 Å². The molecule has 5 nitrogen and oxygen atoms in total. The first-order valence-electron chi connectivity index (χ1n) is 6.03. The molecule has 1 saturated heterocycles. The molecule has 1 atom stereocenters. The van der Waals surface area contributed by atoms with Gasteiger partial charge in [-0.05, 0) is 24.6 Å². The quantitative estimate of drug-likeness (QED) is 0.832. The number of benzene rings is 1. The summed E-state index contributed by atoms with van der Waals surface area (Å²) < 4.78 is 29.6. The van der Waals surface area contributed by atoms with E-state index in [0.717, 1.165) is 5.56 Å². The van der Waals surface area contributed by atoms with E-state index in [2.05, 4.69) is 10.1 Å². The third kappa shape index (κ3) is 2.50. The van der Waals surface area contributed by atoms with Crippen molar-refractivity contribution in [3.05, 3.63) is 35.5 Å². The second-order valence-corrected chi connectivity index (χ2v) is 4.37. The Morgan fingerprint density at radius 2 is 2.21 bits per heavy atom. The van der Waals surface area contributed by atoms with Gasteiger partial charge >= 0.3 is 0 Å². The molecule has 0 saturated carbocycles. The van der Waals surface area contributed by atoms with Crippen LogP contribution in [-0.4, -0.2) is 30.0 Å². The molecule has 1 aliphatic heterocycles. The van der Waals surface area contributed by atoms with Gasteiger partial charge in [0.05, 0.1) is 25.4 Å². The van der Waals surface area contributed by atoms with Crippen LogP contribution < -0.4 is 0 Å². The molecule has 1 aromatic carbocycles. The summed E-state index contributed by atoms with van der Waals surface area (Å²) >= 11 is 0. The Morgan fingerprint density at radius 3 is 2.95 bits per heavy atom. The summed E-state index contributed by atoms with van der Waals surface area (Å²) in [6.45, 7) is 3.24. The SMILES string of the molecule is Cc1ccc(-c2noc(C3COCCO3)n2)c(F)c1. The van der Waals surface area contributed by atoms with E-state index < -0.39 is 0 Å². The zero-order chi connectivity index (χ0) is 13.2. The predicted molar refractivity (Wildman–Crippen MR) is 63.9 cm³/mol. The molecule has 19 heavy (non-hydrogen) atoms. The summed E-state index contributed by atoms with van der Waals surface area (Å²) in [5.41, 5.74) is 1.16. The van der Waals surface area contributed by atoms with Crippen LogP contribution in [0.4, 0.5) is 4.39 Å². The van der Waals surface area contributed by atoms with Gasteiger partial charge in [0.25, 0.3) is 5.89 Å². The van der Waals surface area contributed by atoms with E-state index in [4.69, 9.17) is 14.0 Å². The van der Waals surface area contributed by atoms with Gasteiger partial charge in [-0.25, -0.2) is 4.39 Å². The molecule has 1 unspecified atom stereocenters. The van der Waals surface area contributed by atoms with Crippen LogP contribution in [0.2, 0.25) is 0 Å². The Kier molecular flexibility index (Phi) is 3.27. The molecule has 1 fully saturated rings. The van der Waals surface area contributed by atoms with E-state index in [-0.39, 0.29) is 17.7 Å². The number of hydrogen-bond donors (Lipinski definition) is 0. The lowest BCUT2D eigenvalue weighted by Gasteiger charge is -2.19. The molecule has 1 aromatic heterocycles. The van der Waals surface area contributed by atoms with Crippen LogP contribution in [0, 0.1) is 12.7 Å². The molecule has 1 aliphatic rings. The number of aromatic nitrogens is 2. The third-order valence-electron chi connectivity index (χ3n) is 2.90. The minimum Gasteiger partial charge on any atom is -0.376 e.